The van der Waals surface area contributed by atoms with Gasteiger partial charge in [0, 0.05) is 19.3 Å². The summed E-state index contributed by atoms with van der Waals surface area (Å²) >= 11 is 0. The molecule has 0 aliphatic rings. The number of unbranched alkanes of at least 4 members (excludes halogenated alkanes) is 21. The number of carbonyl (C=O) groups excluding carboxylic acids is 3. The largest absolute Gasteiger partial charge is 0.462 e. The van der Waals surface area contributed by atoms with Crippen LogP contribution in [0, 0.1) is 5.92 Å². The van der Waals surface area contributed by atoms with Gasteiger partial charge < -0.3 is 14.2 Å². The number of esters is 3. The van der Waals surface area contributed by atoms with Crippen LogP contribution in [-0.4, -0.2) is 37.2 Å². The molecule has 0 rings (SSSR count). The van der Waals surface area contributed by atoms with Crippen LogP contribution in [0.2, 0.25) is 0 Å². The van der Waals surface area contributed by atoms with Gasteiger partial charge in [-0.25, -0.2) is 0 Å². The summed E-state index contributed by atoms with van der Waals surface area (Å²) in [6.45, 7) is 8.85. The van der Waals surface area contributed by atoms with Gasteiger partial charge in [-0.2, -0.15) is 0 Å². The Kier molecular flexibility index (Phi) is 32.6. The fourth-order valence-electron chi connectivity index (χ4n) is 5.57. The SMILES string of the molecule is CCCCCCCCCC(=O)OC[C@@H](COC(=O)CCCCCCC)OC(=O)CCCCCCCCCCCCCCC(C)C. The average molecular weight is 639 g/mol. The van der Waals surface area contributed by atoms with Crippen molar-refractivity contribution in [3.63, 3.8) is 0 Å². The molecule has 6 nitrogen and oxygen atoms in total. The molecule has 0 aliphatic carbocycles. The zero-order valence-electron chi connectivity index (χ0n) is 30.3. The van der Waals surface area contributed by atoms with E-state index in [1.807, 2.05) is 0 Å². The summed E-state index contributed by atoms with van der Waals surface area (Å²) in [6.07, 6.45) is 29.8. The summed E-state index contributed by atoms with van der Waals surface area (Å²) in [5, 5.41) is 0. The number of ether oxygens (including phenoxy) is 3. The Morgan fingerprint density at radius 1 is 0.422 bits per heavy atom. The lowest BCUT2D eigenvalue weighted by atomic mass is 10.0. The Morgan fingerprint density at radius 2 is 0.733 bits per heavy atom. The minimum atomic E-state index is -0.755. The molecule has 0 aromatic carbocycles. The maximum absolute atomic E-state index is 12.6. The van der Waals surface area contributed by atoms with Crippen LogP contribution < -0.4 is 0 Å². The summed E-state index contributed by atoms with van der Waals surface area (Å²) in [7, 11) is 0. The van der Waals surface area contributed by atoms with Crippen LogP contribution in [0.3, 0.4) is 0 Å². The molecule has 1 atom stereocenters. The van der Waals surface area contributed by atoms with Gasteiger partial charge in [0.25, 0.3) is 0 Å². The monoisotopic (exact) mass is 639 g/mol. The molecule has 0 heterocycles. The molecular formula is C39H74O6. The van der Waals surface area contributed by atoms with Crippen LogP contribution in [-0.2, 0) is 28.6 Å². The number of hydrogen-bond acceptors (Lipinski definition) is 6. The van der Waals surface area contributed by atoms with E-state index in [2.05, 4.69) is 27.7 Å². The van der Waals surface area contributed by atoms with E-state index in [9.17, 15) is 14.4 Å². The molecular weight excluding hydrogens is 564 g/mol. The number of carbonyl (C=O) groups is 3. The molecule has 6 heteroatoms. The summed E-state index contributed by atoms with van der Waals surface area (Å²) < 4.78 is 16.5. The summed E-state index contributed by atoms with van der Waals surface area (Å²) in [6, 6.07) is 0. The van der Waals surface area contributed by atoms with Crippen LogP contribution in [0.25, 0.3) is 0 Å². The molecule has 0 aliphatic heterocycles. The average Bonchev–Trinajstić information content (AvgIpc) is 3.01. The highest BCUT2D eigenvalue weighted by molar-refractivity contribution is 5.71. The second-order valence-corrected chi connectivity index (χ2v) is 13.7. The zero-order valence-corrected chi connectivity index (χ0v) is 30.3. The molecule has 0 radical (unpaired) electrons. The van der Waals surface area contributed by atoms with Gasteiger partial charge in [-0.15, -0.1) is 0 Å². The van der Waals surface area contributed by atoms with Crippen LogP contribution >= 0.6 is 0 Å². The first-order valence-electron chi connectivity index (χ1n) is 19.4. The molecule has 0 saturated heterocycles. The normalized spacial score (nSPS) is 11.9. The first-order valence-corrected chi connectivity index (χ1v) is 19.4. The van der Waals surface area contributed by atoms with Crippen molar-refractivity contribution < 1.29 is 28.6 Å². The quantitative estimate of drug-likeness (QED) is 0.0396. The van der Waals surface area contributed by atoms with Gasteiger partial charge in [-0.3, -0.25) is 14.4 Å². The van der Waals surface area contributed by atoms with Gasteiger partial charge in [0.2, 0.25) is 0 Å². The maximum atomic E-state index is 12.6. The second-order valence-electron chi connectivity index (χ2n) is 13.7. The van der Waals surface area contributed by atoms with E-state index in [1.165, 1.54) is 96.3 Å². The Balaban J connectivity index is 4.20. The van der Waals surface area contributed by atoms with Crippen molar-refractivity contribution >= 4 is 17.9 Å². The number of rotatable bonds is 34. The molecule has 0 aromatic rings. The van der Waals surface area contributed by atoms with Crippen molar-refractivity contribution in [3.05, 3.63) is 0 Å². The zero-order chi connectivity index (χ0) is 33.2. The smallest absolute Gasteiger partial charge is 0.306 e. The van der Waals surface area contributed by atoms with Crippen molar-refractivity contribution in [2.45, 2.75) is 214 Å². The lowest BCUT2D eigenvalue weighted by Crippen LogP contribution is -2.30. The predicted octanol–water partition coefficient (Wildman–Crippen LogP) is 11.6. The molecule has 45 heavy (non-hydrogen) atoms. The van der Waals surface area contributed by atoms with Crippen molar-refractivity contribution in [2.75, 3.05) is 13.2 Å². The molecule has 0 aromatic heterocycles. The molecule has 0 N–H and O–H groups in total. The van der Waals surface area contributed by atoms with E-state index in [1.54, 1.807) is 0 Å². The van der Waals surface area contributed by atoms with Crippen molar-refractivity contribution in [3.8, 4) is 0 Å². The molecule has 0 fully saturated rings. The molecule has 0 saturated carbocycles. The van der Waals surface area contributed by atoms with Gasteiger partial charge in [0.05, 0.1) is 0 Å². The third kappa shape index (κ3) is 33.6. The van der Waals surface area contributed by atoms with Gasteiger partial charge in [-0.1, -0.05) is 169 Å². The number of hydrogen-bond donors (Lipinski definition) is 0. The Hall–Kier alpha value is -1.59. The van der Waals surface area contributed by atoms with Gasteiger partial charge in [0.15, 0.2) is 6.10 Å². The summed E-state index contributed by atoms with van der Waals surface area (Å²) in [5.74, 6) is -0.0522. The van der Waals surface area contributed by atoms with Gasteiger partial charge in [0.1, 0.15) is 13.2 Å². The highest BCUT2D eigenvalue weighted by Gasteiger charge is 2.19. The lowest BCUT2D eigenvalue weighted by molar-refractivity contribution is -0.167. The van der Waals surface area contributed by atoms with E-state index in [4.69, 9.17) is 14.2 Å². The standard InChI is InChI=1S/C39H74O6/c1-5-7-9-11-18-23-27-31-38(41)44-34-36(33-43-37(40)30-26-21-10-8-6-2)45-39(42)32-28-24-20-17-15-13-12-14-16-19-22-25-29-35(3)4/h35-36H,5-34H2,1-4H3/t36-/m1/s1. The van der Waals surface area contributed by atoms with Gasteiger partial charge >= 0.3 is 17.9 Å². The highest BCUT2D eigenvalue weighted by Crippen LogP contribution is 2.15. The summed E-state index contributed by atoms with van der Waals surface area (Å²) in [4.78, 5) is 37.1. The Bertz CT molecular complexity index is 676. The first-order chi connectivity index (χ1) is 21.9. The fourth-order valence-corrected chi connectivity index (χ4v) is 5.57. The van der Waals surface area contributed by atoms with E-state index >= 15 is 0 Å². The van der Waals surface area contributed by atoms with E-state index in [0.29, 0.717) is 19.3 Å². The topological polar surface area (TPSA) is 78.9 Å². The predicted molar refractivity (Wildman–Crippen MR) is 187 cm³/mol. The van der Waals surface area contributed by atoms with Gasteiger partial charge in [-0.05, 0) is 25.2 Å². The van der Waals surface area contributed by atoms with E-state index in [0.717, 1.165) is 70.1 Å². The molecule has 0 spiro atoms. The van der Waals surface area contributed by atoms with Crippen molar-refractivity contribution in [1.29, 1.82) is 0 Å². The Morgan fingerprint density at radius 3 is 1.09 bits per heavy atom. The summed E-state index contributed by atoms with van der Waals surface area (Å²) in [5.41, 5.74) is 0. The van der Waals surface area contributed by atoms with E-state index < -0.39 is 6.10 Å². The third-order valence-corrected chi connectivity index (χ3v) is 8.54. The minimum absolute atomic E-state index is 0.0667. The van der Waals surface area contributed by atoms with Crippen LogP contribution in [0.15, 0.2) is 0 Å². The van der Waals surface area contributed by atoms with Crippen LogP contribution in [0.5, 0.6) is 0 Å². The van der Waals surface area contributed by atoms with Crippen molar-refractivity contribution in [2.24, 2.45) is 5.92 Å². The lowest BCUT2D eigenvalue weighted by Gasteiger charge is -2.18. The highest BCUT2D eigenvalue weighted by atomic mass is 16.6. The fraction of sp³-hybridized carbons (Fsp3) is 0.923. The second kappa shape index (κ2) is 33.8. The minimum Gasteiger partial charge on any atom is -0.462 e. The molecule has 0 bridgehead atoms. The Labute approximate surface area is 278 Å². The van der Waals surface area contributed by atoms with Crippen LogP contribution in [0.1, 0.15) is 207 Å². The first kappa shape index (κ1) is 43.4. The maximum Gasteiger partial charge on any atom is 0.306 e. The van der Waals surface area contributed by atoms with E-state index in [-0.39, 0.29) is 31.1 Å². The molecule has 0 amide bonds. The molecule has 0 unspecified atom stereocenters. The molecule has 266 valence electrons. The van der Waals surface area contributed by atoms with Crippen molar-refractivity contribution in [1.82, 2.24) is 0 Å². The van der Waals surface area contributed by atoms with Crippen LogP contribution in [0.4, 0.5) is 0 Å². The third-order valence-electron chi connectivity index (χ3n) is 8.54.